The molecule has 0 atom stereocenters. The lowest BCUT2D eigenvalue weighted by atomic mass is 9.97. The number of halogens is 3. The van der Waals surface area contributed by atoms with Gasteiger partial charge in [0.05, 0.1) is 10.6 Å². The van der Waals surface area contributed by atoms with Crippen LogP contribution in [0.5, 0.6) is 0 Å². The quantitative estimate of drug-likeness (QED) is 0.451. The van der Waals surface area contributed by atoms with E-state index in [0.717, 1.165) is 43.5 Å². The van der Waals surface area contributed by atoms with Gasteiger partial charge in [0.1, 0.15) is 5.69 Å². The van der Waals surface area contributed by atoms with Crippen molar-refractivity contribution in [2.24, 2.45) is 0 Å². The predicted molar refractivity (Wildman–Crippen MR) is 135 cm³/mol. The van der Waals surface area contributed by atoms with Crippen LogP contribution in [0, 0.1) is 0 Å². The Kier molecular flexibility index (Phi) is 7.29. The van der Waals surface area contributed by atoms with Gasteiger partial charge in [-0.05, 0) is 49.7 Å². The highest BCUT2D eigenvalue weighted by Crippen LogP contribution is 2.33. The highest BCUT2D eigenvalue weighted by Gasteiger charge is 2.32. The van der Waals surface area contributed by atoms with Crippen LogP contribution >= 0.6 is 11.3 Å². The number of aromatic nitrogens is 1. The lowest BCUT2D eigenvalue weighted by molar-refractivity contribution is -0.137. The summed E-state index contributed by atoms with van der Waals surface area (Å²) in [5.74, 6) is 0.282. The Morgan fingerprint density at radius 2 is 1.67 bits per heavy atom. The largest absolute Gasteiger partial charge is 0.416 e. The zero-order chi connectivity index (χ0) is 25.1. The molecule has 3 heterocycles. The fraction of sp³-hybridized carbons (Fsp3) is 0.407. The van der Waals surface area contributed by atoms with Gasteiger partial charge in [-0.25, -0.2) is 4.98 Å². The molecule has 1 aromatic heterocycles. The Hall–Kier alpha value is -2.91. The van der Waals surface area contributed by atoms with Crippen molar-refractivity contribution in [3.8, 4) is 0 Å². The Balaban J connectivity index is 1.13. The van der Waals surface area contributed by atoms with Crippen LogP contribution in [0.3, 0.4) is 0 Å². The maximum absolute atomic E-state index is 13.1. The van der Waals surface area contributed by atoms with Crippen molar-refractivity contribution in [1.82, 2.24) is 14.8 Å². The summed E-state index contributed by atoms with van der Waals surface area (Å²) in [6.45, 7) is 4.88. The molecule has 2 aromatic carbocycles. The first-order valence-electron chi connectivity index (χ1n) is 12.3. The van der Waals surface area contributed by atoms with Crippen LogP contribution in [0.1, 0.15) is 45.4 Å². The molecule has 5 nitrogen and oxygen atoms in total. The van der Waals surface area contributed by atoms with Crippen molar-refractivity contribution in [2.45, 2.75) is 31.5 Å². The zero-order valence-corrected chi connectivity index (χ0v) is 20.8. The predicted octanol–water partition coefficient (Wildman–Crippen LogP) is 5.50. The second-order valence-electron chi connectivity index (χ2n) is 9.43. The molecule has 2 saturated heterocycles. The van der Waals surface area contributed by atoms with Gasteiger partial charge in [0.2, 0.25) is 0 Å². The Morgan fingerprint density at radius 1 is 0.944 bits per heavy atom. The second-order valence-corrected chi connectivity index (χ2v) is 10.3. The van der Waals surface area contributed by atoms with Crippen molar-refractivity contribution in [2.75, 3.05) is 44.2 Å². The molecular formula is C27H29F3N4OS. The van der Waals surface area contributed by atoms with E-state index in [1.165, 1.54) is 17.7 Å². The van der Waals surface area contributed by atoms with Crippen LogP contribution in [-0.2, 0) is 12.7 Å². The molecule has 36 heavy (non-hydrogen) atoms. The van der Waals surface area contributed by atoms with Gasteiger partial charge in [-0.1, -0.05) is 36.4 Å². The number of thiazole rings is 1. The minimum atomic E-state index is -4.37. The Bertz CT molecular complexity index is 1170. The van der Waals surface area contributed by atoms with E-state index in [1.54, 1.807) is 22.3 Å². The maximum atomic E-state index is 13.1. The highest BCUT2D eigenvalue weighted by molar-refractivity contribution is 7.09. The van der Waals surface area contributed by atoms with E-state index >= 15 is 0 Å². The first-order valence-corrected chi connectivity index (χ1v) is 13.2. The average Bonchev–Trinajstić information content (AvgIpc) is 3.39. The number of rotatable bonds is 5. The van der Waals surface area contributed by atoms with Crippen LogP contribution in [0.25, 0.3) is 0 Å². The van der Waals surface area contributed by atoms with E-state index < -0.39 is 11.7 Å². The highest BCUT2D eigenvalue weighted by atomic mass is 32.1. The van der Waals surface area contributed by atoms with Crippen molar-refractivity contribution >= 4 is 22.9 Å². The van der Waals surface area contributed by atoms with Gasteiger partial charge in [-0.2, -0.15) is 13.2 Å². The first-order chi connectivity index (χ1) is 17.4. The number of anilines is 1. The van der Waals surface area contributed by atoms with Crippen LogP contribution < -0.4 is 4.90 Å². The van der Waals surface area contributed by atoms with Crippen molar-refractivity contribution in [1.29, 1.82) is 0 Å². The van der Waals surface area contributed by atoms with E-state index in [4.69, 9.17) is 4.98 Å². The van der Waals surface area contributed by atoms with Gasteiger partial charge in [0.15, 0.2) is 0 Å². The second kappa shape index (κ2) is 10.6. The average molecular weight is 515 g/mol. The van der Waals surface area contributed by atoms with Crippen LogP contribution in [-0.4, -0.2) is 60.0 Å². The van der Waals surface area contributed by atoms with Crippen LogP contribution in [0.2, 0.25) is 0 Å². The summed E-state index contributed by atoms with van der Waals surface area (Å²) in [6.07, 6.45) is -2.30. The first kappa shape index (κ1) is 24.8. The molecule has 0 unspecified atom stereocenters. The monoisotopic (exact) mass is 514 g/mol. The molecule has 1 amide bonds. The lowest BCUT2D eigenvalue weighted by Gasteiger charge is -2.36. The summed E-state index contributed by atoms with van der Waals surface area (Å²) in [6, 6.07) is 15.9. The minimum absolute atomic E-state index is 0.0947. The third-order valence-electron chi connectivity index (χ3n) is 7.03. The third kappa shape index (κ3) is 5.73. The van der Waals surface area contributed by atoms with Gasteiger partial charge in [-0.3, -0.25) is 9.69 Å². The van der Waals surface area contributed by atoms with Gasteiger partial charge >= 0.3 is 6.18 Å². The minimum Gasteiger partial charge on any atom is -0.368 e. The molecule has 0 N–H and O–H groups in total. The molecular weight excluding hydrogens is 485 g/mol. The van der Waals surface area contributed by atoms with E-state index in [0.29, 0.717) is 43.5 Å². The number of carbonyl (C=O) groups excluding carboxylic acids is 1. The fourth-order valence-electron chi connectivity index (χ4n) is 4.96. The smallest absolute Gasteiger partial charge is 0.368 e. The molecule has 0 saturated carbocycles. The van der Waals surface area contributed by atoms with Gasteiger partial charge < -0.3 is 9.80 Å². The summed E-state index contributed by atoms with van der Waals surface area (Å²) in [4.78, 5) is 23.9. The number of piperidine rings is 1. The zero-order valence-electron chi connectivity index (χ0n) is 20.0. The normalized spacial score (nSPS) is 18.0. The summed E-state index contributed by atoms with van der Waals surface area (Å²) in [5.41, 5.74) is 1.69. The van der Waals surface area contributed by atoms with E-state index in [1.807, 2.05) is 16.3 Å². The number of alkyl halides is 3. The topological polar surface area (TPSA) is 39.7 Å². The van der Waals surface area contributed by atoms with Gasteiger partial charge in [0, 0.05) is 49.7 Å². The number of likely N-dealkylation sites (tertiary alicyclic amines) is 1. The number of hydrogen-bond donors (Lipinski definition) is 0. The molecule has 0 spiro atoms. The summed E-state index contributed by atoms with van der Waals surface area (Å²) < 4.78 is 39.2. The molecule has 3 aromatic rings. The molecule has 0 radical (unpaired) electrons. The van der Waals surface area contributed by atoms with E-state index in [2.05, 4.69) is 29.2 Å². The maximum Gasteiger partial charge on any atom is 0.416 e. The lowest BCUT2D eigenvalue weighted by Crippen LogP contribution is -2.49. The number of nitrogens with zero attached hydrogens (tertiary/aromatic N) is 4. The molecule has 5 rings (SSSR count). The molecule has 2 aliphatic rings. The van der Waals surface area contributed by atoms with Crippen molar-refractivity contribution in [3.05, 3.63) is 81.8 Å². The summed E-state index contributed by atoms with van der Waals surface area (Å²) >= 11 is 1.56. The Morgan fingerprint density at radius 3 is 2.36 bits per heavy atom. The third-order valence-corrected chi connectivity index (χ3v) is 8.04. The number of carbonyl (C=O) groups is 1. The number of benzene rings is 2. The van der Waals surface area contributed by atoms with E-state index in [-0.39, 0.29) is 5.91 Å². The van der Waals surface area contributed by atoms with E-state index in [9.17, 15) is 18.0 Å². The molecule has 2 fully saturated rings. The SMILES string of the molecule is O=C(c1csc(C2CCN(Cc3ccccc3)CC2)n1)N1CCN(c2cccc(C(F)(F)F)c2)CC1. The molecule has 190 valence electrons. The van der Waals surface area contributed by atoms with Crippen molar-refractivity contribution in [3.63, 3.8) is 0 Å². The fourth-order valence-corrected chi connectivity index (χ4v) is 5.93. The number of piperazine rings is 1. The van der Waals surface area contributed by atoms with Gasteiger partial charge in [-0.15, -0.1) is 11.3 Å². The van der Waals surface area contributed by atoms with Crippen LogP contribution in [0.4, 0.5) is 18.9 Å². The Labute approximate surface area is 213 Å². The summed E-state index contributed by atoms with van der Waals surface area (Å²) in [7, 11) is 0. The summed E-state index contributed by atoms with van der Waals surface area (Å²) in [5, 5.41) is 2.88. The van der Waals surface area contributed by atoms with Crippen molar-refractivity contribution < 1.29 is 18.0 Å². The molecule has 2 aliphatic heterocycles. The number of amides is 1. The van der Waals surface area contributed by atoms with Gasteiger partial charge in [0.25, 0.3) is 5.91 Å². The molecule has 0 aliphatic carbocycles. The van der Waals surface area contributed by atoms with Crippen LogP contribution in [0.15, 0.2) is 60.0 Å². The number of hydrogen-bond acceptors (Lipinski definition) is 5. The standard InChI is InChI=1S/C27H29F3N4OS/c28-27(29,30)22-7-4-8-23(17-22)33-13-15-34(16-14-33)26(35)24-19-36-25(31-24)21-9-11-32(12-10-21)18-20-5-2-1-3-6-20/h1-8,17,19,21H,9-16,18H2. The molecule has 9 heteroatoms. The molecule has 0 bridgehead atoms.